The Balaban J connectivity index is 1.65. The summed E-state index contributed by atoms with van der Waals surface area (Å²) >= 11 is 0. The van der Waals surface area contributed by atoms with Crippen molar-refractivity contribution in [3.05, 3.63) is 47.3 Å². The van der Waals surface area contributed by atoms with Gasteiger partial charge in [-0.1, -0.05) is 12.1 Å². The molecule has 2 heterocycles. The van der Waals surface area contributed by atoms with Gasteiger partial charge in [-0.2, -0.15) is 5.10 Å². The smallest absolute Gasteiger partial charge is 0.227 e. The molecule has 1 aliphatic rings. The third kappa shape index (κ3) is 3.61. The van der Waals surface area contributed by atoms with E-state index >= 15 is 0 Å². The zero-order valence-electron chi connectivity index (χ0n) is 14.7. The van der Waals surface area contributed by atoms with E-state index in [1.54, 1.807) is 7.11 Å². The number of ether oxygens (including phenoxy) is 1. The SMILES string of the molecule is COc1ccc(CC(=O)N2CCC[C@@H](n3nc(C)cc3C)C2)cc1. The number of hydrogen-bond donors (Lipinski definition) is 0. The summed E-state index contributed by atoms with van der Waals surface area (Å²) in [6.07, 6.45) is 2.54. The van der Waals surface area contributed by atoms with Crippen LogP contribution in [-0.2, 0) is 11.2 Å². The first-order valence-corrected chi connectivity index (χ1v) is 8.50. The maximum absolute atomic E-state index is 12.7. The molecule has 1 atom stereocenters. The molecule has 1 aromatic carbocycles. The van der Waals surface area contributed by atoms with Crippen molar-refractivity contribution >= 4 is 5.91 Å². The van der Waals surface area contributed by atoms with Crippen LogP contribution in [0.4, 0.5) is 0 Å². The van der Waals surface area contributed by atoms with Crippen LogP contribution in [0.5, 0.6) is 5.75 Å². The number of likely N-dealkylation sites (tertiary alicyclic amines) is 1. The lowest BCUT2D eigenvalue weighted by Gasteiger charge is -2.33. The van der Waals surface area contributed by atoms with Crippen LogP contribution in [0.2, 0.25) is 0 Å². The van der Waals surface area contributed by atoms with Gasteiger partial charge in [0.1, 0.15) is 5.75 Å². The molecule has 1 aromatic heterocycles. The molecule has 5 nitrogen and oxygen atoms in total. The number of amides is 1. The van der Waals surface area contributed by atoms with Gasteiger partial charge in [0.25, 0.3) is 0 Å². The topological polar surface area (TPSA) is 47.4 Å². The van der Waals surface area contributed by atoms with Crippen molar-refractivity contribution in [3.63, 3.8) is 0 Å². The van der Waals surface area contributed by atoms with Gasteiger partial charge < -0.3 is 9.64 Å². The van der Waals surface area contributed by atoms with E-state index in [0.717, 1.165) is 42.9 Å². The fourth-order valence-electron chi connectivity index (χ4n) is 3.43. The van der Waals surface area contributed by atoms with Gasteiger partial charge >= 0.3 is 0 Å². The summed E-state index contributed by atoms with van der Waals surface area (Å²) in [5.74, 6) is 1.00. The Hall–Kier alpha value is -2.30. The van der Waals surface area contributed by atoms with Crippen molar-refractivity contribution in [2.75, 3.05) is 20.2 Å². The lowest BCUT2D eigenvalue weighted by Crippen LogP contribution is -2.41. The quantitative estimate of drug-likeness (QED) is 0.867. The predicted molar refractivity (Wildman–Crippen MR) is 93.3 cm³/mol. The van der Waals surface area contributed by atoms with E-state index < -0.39 is 0 Å². The van der Waals surface area contributed by atoms with E-state index in [2.05, 4.69) is 22.8 Å². The number of methoxy groups -OCH3 is 1. The van der Waals surface area contributed by atoms with Crippen LogP contribution in [0.1, 0.15) is 35.8 Å². The lowest BCUT2D eigenvalue weighted by atomic mass is 10.0. The molecule has 0 N–H and O–H groups in total. The Morgan fingerprint density at radius 2 is 2.04 bits per heavy atom. The second kappa shape index (κ2) is 7.07. The van der Waals surface area contributed by atoms with E-state index in [1.165, 1.54) is 5.69 Å². The Kier molecular flexibility index (Phi) is 4.88. The van der Waals surface area contributed by atoms with Crippen molar-refractivity contribution < 1.29 is 9.53 Å². The van der Waals surface area contributed by atoms with Gasteiger partial charge in [0.2, 0.25) is 5.91 Å². The maximum atomic E-state index is 12.7. The second-order valence-corrected chi connectivity index (χ2v) is 6.53. The molecule has 1 amide bonds. The third-order valence-electron chi connectivity index (χ3n) is 4.65. The third-order valence-corrected chi connectivity index (χ3v) is 4.65. The highest BCUT2D eigenvalue weighted by Gasteiger charge is 2.26. The van der Waals surface area contributed by atoms with E-state index in [1.807, 2.05) is 36.1 Å². The van der Waals surface area contributed by atoms with Crippen LogP contribution in [0.25, 0.3) is 0 Å². The van der Waals surface area contributed by atoms with Crippen LogP contribution >= 0.6 is 0 Å². The van der Waals surface area contributed by atoms with Gasteiger partial charge in [-0.15, -0.1) is 0 Å². The van der Waals surface area contributed by atoms with E-state index in [9.17, 15) is 4.79 Å². The maximum Gasteiger partial charge on any atom is 0.227 e. The first-order chi connectivity index (χ1) is 11.6. The summed E-state index contributed by atoms with van der Waals surface area (Å²) in [5, 5.41) is 4.60. The largest absolute Gasteiger partial charge is 0.497 e. The minimum absolute atomic E-state index is 0.186. The normalized spacial score (nSPS) is 17.8. The fourth-order valence-corrected chi connectivity index (χ4v) is 3.43. The molecule has 0 saturated carbocycles. The molecule has 0 bridgehead atoms. The number of carbonyl (C=O) groups is 1. The standard InChI is InChI=1S/C19H25N3O2/c1-14-11-15(2)22(20-14)17-5-4-10-21(13-17)19(23)12-16-6-8-18(24-3)9-7-16/h6-9,11,17H,4-5,10,12-13H2,1-3H3/t17-/m1/s1. The van der Waals surface area contributed by atoms with Gasteiger partial charge in [0.05, 0.1) is 25.3 Å². The number of aryl methyl sites for hydroxylation is 2. The van der Waals surface area contributed by atoms with Crippen molar-refractivity contribution in [1.82, 2.24) is 14.7 Å². The highest BCUT2D eigenvalue weighted by atomic mass is 16.5. The zero-order chi connectivity index (χ0) is 17.1. The molecule has 1 aliphatic heterocycles. The number of hydrogen-bond acceptors (Lipinski definition) is 3. The molecule has 2 aromatic rings. The average Bonchev–Trinajstić information content (AvgIpc) is 2.94. The first kappa shape index (κ1) is 16.6. The molecular weight excluding hydrogens is 302 g/mol. The number of aromatic nitrogens is 2. The molecular formula is C19H25N3O2. The molecule has 0 radical (unpaired) electrons. The van der Waals surface area contributed by atoms with E-state index in [4.69, 9.17) is 4.74 Å². The first-order valence-electron chi connectivity index (χ1n) is 8.50. The Bertz CT molecular complexity index is 706. The Morgan fingerprint density at radius 1 is 1.29 bits per heavy atom. The molecule has 24 heavy (non-hydrogen) atoms. The van der Waals surface area contributed by atoms with Gasteiger partial charge in [-0.25, -0.2) is 0 Å². The monoisotopic (exact) mass is 327 g/mol. The van der Waals surface area contributed by atoms with Crippen LogP contribution in [0.3, 0.4) is 0 Å². The molecule has 0 unspecified atom stereocenters. The van der Waals surface area contributed by atoms with E-state index in [0.29, 0.717) is 6.42 Å². The Morgan fingerprint density at radius 3 is 2.67 bits per heavy atom. The van der Waals surface area contributed by atoms with Gasteiger partial charge in [0, 0.05) is 18.8 Å². The summed E-state index contributed by atoms with van der Waals surface area (Å²) in [5.41, 5.74) is 3.23. The summed E-state index contributed by atoms with van der Waals surface area (Å²) in [6, 6.07) is 10.1. The number of nitrogens with zero attached hydrogens (tertiary/aromatic N) is 3. The van der Waals surface area contributed by atoms with Crippen molar-refractivity contribution in [3.8, 4) is 5.75 Å². The van der Waals surface area contributed by atoms with Crippen molar-refractivity contribution in [2.24, 2.45) is 0 Å². The van der Waals surface area contributed by atoms with Gasteiger partial charge in [-0.3, -0.25) is 9.48 Å². The average molecular weight is 327 g/mol. The second-order valence-electron chi connectivity index (χ2n) is 6.53. The summed E-state index contributed by atoms with van der Waals surface area (Å²) in [4.78, 5) is 14.6. The highest BCUT2D eigenvalue weighted by Crippen LogP contribution is 2.23. The number of piperidine rings is 1. The van der Waals surface area contributed by atoms with Crippen LogP contribution in [0.15, 0.2) is 30.3 Å². The molecule has 5 heteroatoms. The summed E-state index contributed by atoms with van der Waals surface area (Å²) < 4.78 is 7.25. The molecule has 0 aliphatic carbocycles. The molecule has 3 rings (SSSR count). The van der Waals surface area contributed by atoms with Gasteiger partial charge in [0.15, 0.2) is 0 Å². The summed E-state index contributed by atoms with van der Waals surface area (Å²) in [7, 11) is 1.65. The minimum atomic E-state index is 0.186. The predicted octanol–water partition coefficient (Wildman–Crippen LogP) is 2.91. The van der Waals surface area contributed by atoms with Gasteiger partial charge in [-0.05, 0) is 50.5 Å². The number of benzene rings is 1. The van der Waals surface area contributed by atoms with Crippen LogP contribution < -0.4 is 4.74 Å². The lowest BCUT2D eigenvalue weighted by molar-refractivity contribution is -0.132. The number of carbonyl (C=O) groups excluding carboxylic acids is 1. The fraction of sp³-hybridized carbons (Fsp3) is 0.474. The highest BCUT2D eigenvalue weighted by molar-refractivity contribution is 5.79. The Labute approximate surface area is 143 Å². The van der Waals surface area contributed by atoms with Crippen LogP contribution in [-0.4, -0.2) is 40.8 Å². The zero-order valence-corrected chi connectivity index (χ0v) is 14.7. The molecule has 1 fully saturated rings. The minimum Gasteiger partial charge on any atom is -0.497 e. The molecule has 1 saturated heterocycles. The number of rotatable bonds is 4. The van der Waals surface area contributed by atoms with Crippen molar-refractivity contribution in [2.45, 2.75) is 39.2 Å². The summed E-state index contributed by atoms with van der Waals surface area (Å²) in [6.45, 7) is 5.68. The van der Waals surface area contributed by atoms with Crippen LogP contribution in [0, 0.1) is 13.8 Å². The molecule has 0 spiro atoms. The van der Waals surface area contributed by atoms with E-state index in [-0.39, 0.29) is 11.9 Å². The van der Waals surface area contributed by atoms with Crippen molar-refractivity contribution in [1.29, 1.82) is 0 Å². The molecule has 128 valence electrons.